The topological polar surface area (TPSA) is 85.9 Å². The molecule has 2 aliphatic rings. The van der Waals surface area contributed by atoms with E-state index in [1.807, 2.05) is 0 Å². The molecule has 7 nitrogen and oxygen atoms in total. The van der Waals surface area contributed by atoms with Gasteiger partial charge in [-0.15, -0.1) is 0 Å². The summed E-state index contributed by atoms with van der Waals surface area (Å²) in [5, 5.41) is 5.28. The average Bonchev–Trinajstić information content (AvgIpc) is 2.47. The number of nitrogens with one attached hydrogen (secondary N) is 2. The Labute approximate surface area is 115 Å². The van der Waals surface area contributed by atoms with Crippen molar-refractivity contribution in [2.75, 3.05) is 31.7 Å². The molecule has 3 rings (SSSR count). The minimum atomic E-state index is -0.676. The Kier molecular flexibility index (Phi) is 3.42. The first-order chi connectivity index (χ1) is 9.72. The Bertz CT molecular complexity index is 546. The number of carbonyl (C=O) groups excluding carboxylic acids is 2. The lowest BCUT2D eigenvalue weighted by molar-refractivity contribution is -0.136. The average molecular weight is 278 g/mol. The Morgan fingerprint density at radius 3 is 2.85 bits per heavy atom. The molecule has 106 valence electrons. The predicted octanol–water partition coefficient (Wildman–Crippen LogP) is -0.0887. The highest BCUT2D eigenvalue weighted by Crippen LogP contribution is 2.32. The van der Waals surface area contributed by atoms with Crippen LogP contribution in [-0.4, -0.2) is 44.3 Å². The molecule has 1 fully saturated rings. The first kappa shape index (κ1) is 12.7. The van der Waals surface area contributed by atoms with E-state index >= 15 is 0 Å². The summed E-state index contributed by atoms with van der Waals surface area (Å²) in [7, 11) is 0. The Balaban J connectivity index is 1.68. The van der Waals surface area contributed by atoms with E-state index in [-0.39, 0.29) is 25.0 Å². The van der Waals surface area contributed by atoms with E-state index in [1.165, 1.54) is 0 Å². The number of fused-ring (bicyclic) bond motifs is 1. The van der Waals surface area contributed by atoms with Crippen LogP contribution in [-0.2, 0) is 14.3 Å². The fraction of sp³-hybridized carbons (Fsp3) is 0.385. The molecule has 0 spiro atoms. The highest BCUT2D eigenvalue weighted by molar-refractivity contribution is 5.98. The minimum Gasteiger partial charge on any atom is -0.486 e. The van der Waals surface area contributed by atoms with Crippen LogP contribution in [0.5, 0.6) is 11.5 Å². The van der Waals surface area contributed by atoms with Gasteiger partial charge >= 0.3 is 0 Å². The third-order valence-electron chi connectivity index (χ3n) is 2.98. The van der Waals surface area contributed by atoms with Crippen molar-refractivity contribution in [3.05, 3.63) is 18.2 Å². The molecule has 1 unspecified atom stereocenters. The van der Waals surface area contributed by atoms with Crippen LogP contribution < -0.4 is 20.1 Å². The van der Waals surface area contributed by atoms with Crippen molar-refractivity contribution < 1.29 is 23.8 Å². The van der Waals surface area contributed by atoms with Gasteiger partial charge in [0.2, 0.25) is 11.8 Å². The number of amides is 2. The number of ether oxygens (including phenoxy) is 3. The molecule has 7 heteroatoms. The van der Waals surface area contributed by atoms with Crippen LogP contribution in [0.3, 0.4) is 0 Å². The molecular weight excluding hydrogens is 264 g/mol. The van der Waals surface area contributed by atoms with Crippen molar-refractivity contribution in [2.45, 2.75) is 6.04 Å². The summed E-state index contributed by atoms with van der Waals surface area (Å²) in [5.74, 6) is 0.634. The first-order valence-corrected chi connectivity index (χ1v) is 6.30. The van der Waals surface area contributed by atoms with Crippen LogP contribution in [0.2, 0.25) is 0 Å². The molecule has 0 bridgehead atoms. The zero-order valence-corrected chi connectivity index (χ0v) is 10.7. The summed E-state index contributed by atoms with van der Waals surface area (Å²) in [6.45, 7) is 1.16. The lowest BCUT2D eigenvalue weighted by Crippen LogP contribution is -2.51. The van der Waals surface area contributed by atoms with Crippen LogP contribution in [0, 0.1) is 0 Å². The number of rotatable bonds is 2. The zero-order chi connectivity index (χ0) is 13.9. The summed E-state index contributed by atoms with van der Waals surface area (Å²) in [4.78, 5) is 23.2. The summed E-state index contributed by atoms with van der Waals surface area (Å²) in [5.41, 5.74) is 0.582. The number of anilines is 1. The normalized spacial score (nSPS) is 21.0. The second kappa shape index (κ2) is 5.38. The molecule has 1 aromatic carbocycles. The molecule has 1 saturated heterocycles. The molecule has 20 heavy (non-hydrogen) atoms. The lowest BCUT2D eigenvalue weighted by atomic mass is 10.2. The maximum absolute atomic E-state index is 12.0. The van der Waals surface area contributed by atoms with Crippen molar-refractivity contribution in [3.63, 3.8) is 0 Å². The molecular formula is C13H14N2O5. The van der Waals surface area contributed by atoms with Crippen molar-refractivity contribution in [1.29, 1.82) is 0 Å². The van der Waals surface area contributed by atoms with E-state index in [0.717, 1.165) is 0 Å². The lowest BCUT2D eigenvalue weighted by Gasteiger charge is -2.23. The molecule has 2 aliphatic heterocycles. The van der Waals surface area contributed by atoms with Gasteiger partial charge in [0.15, 0.2) is 11.5 Å². The quantitative estimate of drug-likeness (QED) is 0.789. The predicted molar refractivity (Wildman–Crippen MR) is 68.8 cm³/mol. The summed E-state index contributed by atoms with van der Waals surface area (Å²) in [6.07, 6.45) is 0. The van der Waals surface area contributed by atoms with Crippen molar-refractivity contribution in [2.24, 2.45) is 0 Å². The van der Waals surface area contributed by atoms with Gasteiger partial charge in [-0.05, 0) is 12.1 Å². The molecule has 1 atom stereocenters. The number of hydrogen-bond acceptors (Lipinski definition) is 5. The van der Waals surface area contributed by atoms with E-state index in [9.17, 15) is 9.59 Å². The standard InChI is InChI=1S/C13H14N2O5/c16-12-7-18-6-9(15-12)13(17)14-8-1-2-10-11(5-8)20-4-3-19-10/h1-2,5,9H,3-4,6-7H2,(H,14,17)(H,15,16). The number of carbonyl (C=O) groups is 2. The molecule has 1 aromatic rings. The van der Waals surface area contributed by atoms with Gasteiger partial charge in [0.1, 0.15) is 25.9 Å². The largest absolute Gasteiger partial charge is 0.486 e. The third-order valence-corrected chi connectivity index (χ3v) is 2.98. The van der Waals surface area contributed by atoms with Gasteiger partial charge < -0.3 is 24.8 Å². The summed E-state index contributed by atoms with van der Waals surface area (Å²) >= 11 is 0. The second-order valence-corrected chi connectivity index (χ2v) is 4.48. The van der Waals surface area contributed by atoms with Gasteiger partial charge in [-0.1, -0.05) is 0 Å². The van der Waals surface area contributed by atoms with Gasteiger partial charge in [-0.2, -0.15) is 0 Å². The summed E-state index contributed by atoms with van der Waals surface area (Å²) < 4.78 is 15.9. The number of hydrogen-bond donors (Lipinski definition) is 2. The van der Waals surface area contributed by atoms with Crippen molar-refractivity contribution in [3.8, 4) is 11.5 Å². The zero-order valence-electron chi connectivity index (χ0n) is 10.7. The maximum atomic E-state index is 12.0. The third kappa shape index (κ3) is 2.67. The first-order valence-electron chi connectivity index (χ1n) is 6.30. The van der Waals surface area contributed by atoms with E-state index in [4.69, 9.17) is 14.2 Å². The van der Waals surface area contributed by atoms with Crippen molar-refractivity contribution >= 4 is 17.5 Å². The maximum Gasteiger partial charge on any atom is 0.249 e. The summed E-state index contributed by atoms with van der Waals surface area (Å²) in [6, 6.07) is 4.47. The Morgan fingerprint density at radius 1 is 1.25 bits per heavy atom. The smallest absolute Gasteiger partial charge is 0.249 e. The van der Waals surface area contributed by atoms with E-state index < -0.39 is 6.04 Å². The number of morpholine rings is 1. The highest BCUT2D eigenvalue weighted by atomic mass is 16.6. The molecule has 2 heterocycles. The van der Waals surface area contributed by atoms with Crippen LogP contribution in [0.15, 0.2) is 18.2 Å². The monoisotopic (exact) mass is 278 g/mol. The van der Waals surface area contributed by atoms with Gasteiger partial charge in [-0.3, -0.25) is 9.59 Å². The van der Waals surface area contributed by atoms with Crippen LogP contribution in [0.1, 0.15) is 0 Å². The van der Waals surface area contributed by atoms with Crippen LogP contribution in [0.25, 0.3) is 0 Å². The van der Waals surface area contributed by atoms with Gasteiger partial charge in [0.05, 0.1) is 6.61 Å². The van der Waals surface area contributed by atoms with Crippen LogP contribution >= 0.6 is 0 Å². The van der Waals surface area contributed by atoms with Gasteiger partial charge in [-0.25, -0.2) is 0 Å². The molecule has 0 radical (unpaired) electrons. The molecule has 2 amide bonds. The molecule has 0 aromatic heterocycles. The van der Waals surface area contributed by atoms with E-state index in [2.05, 4.69) is 10.6 Å². The van der Waals surface area contributed by atoms with Gasteiger partial charge in [0.25, 0.3) is 0 Å². The van der Waals surface area contributed by atoms with Crippen LogP contribution in [0.4, 0.5) is 5.69 Å². The SMILES string of the molecule is O=C1COCC(C(=O)Nc2ccc3c(c2)OCCO3)N1. The molecule has 0 saturated carbocycles. The molecule has 2 N–H and O–H groups in total. The molecule has 0 aliphatic carbocycles. The number of benzene rings is 1. The Hall–Kier alpha value is -2.28. The van der Waals surface area contributed by atoms with E-state index in [1.54, 1.807) is 18.2 Å². The van der Waals surface area contributed by atoms with E-state index in [0.29, 0.717) is 30.4 Å². The highest BCUT2D eigenvalue weighted by Gasteiger charge is 2.25. The van der Waals surface area contributed by atoms with Gasteiger partial charge in [0, 0.05) is 11.8 Å². The second-order valence-electron chi connectivity index (χ2n) is 4.48. The Morgan fingerprint density at radius 2 is 2.05 bits per heavy atom. The fourth-order valence-corrected chi connectivity index (χ4v) is 2.04. The fourth-order valence-electron chi connectivity index (χ4n) is 2.04. The minimum absolute atomic E-state index is 0.00615. The van der Waals surface area contributed by atoms with Crippen molar-refractivity contribution in [1.82, 2.24) is 5.32 Å².